The number of nitrogens with one attached hydrogen (secondary N) is 1. The van der Waals surface area contributed by atoms with Crippen LogP contribution in [0.25, 0.3) is 0 Å². The number of carbonyl (C=O) groups is 1. The summed E-state index contributed by atoms with van der Waals surface area (Å²) in [6.07, 6.45) is 3.23. The number of anilines is 3. The number of carbonyl (C=O) groups excluding carboxylic acids is 1. The number of aromatic nitrogens is 1. The number of rotatable bonds is 9. The molecular formula is C29H35N5O3. The minimum Gasteiger partial charge on any atom is -0.492 e. The van der Waals surface area contributed by atoms with E-state index in [2.05, 4.69) is 56.8 Å². The van der Waals surface area contributed by atoms with E-state index in [1.54, 1.807) is 18.5 Å². The molecule has 0 atom stereocenters. The van der Waals surface area contributed by atoms with Gasteiger partial charge in [0.1, 0.15) is 11.5 Å². The summed E-state index contributed by atoms with van der Waals surface area (Å²) in [5.41, 5.74) is 4.47. The van der Waals surface area contributed by atoms with Crippen LogP contribution in [0.15, 0.2) is 73.4 Å². The Morgan fingerprint density at radius 3 is 2.51 bits per heavy atom. The quantitative estimate of drug-likeness (QED) is 0.430. The number of nitrogens with zero attached hydrogens (tertiary/aromatic N) is 4. The molecule has 1 N–H and O–H groups in total. The highest BCUT2D eigenvalue weighted by molar-refractivity contribution is 5.96. The molecule has 37 heavy (non-hydrogen) atoms. The average Bonchev–Trinajstić information content (AvgIpc) is 2.90. The van der Waals surface area contributed by atoms with E-state index in [1.807, 2.05) is 45.2 Å². The van der Waals surface area contributed by atoms with Gasteiger partial charge >= 0.3 is 0 Å². The first-order valence-electron chi connectivity index (χ1n) is 12.5. The standard InChI is InChI=1S/C29H35N5O3/c1-6-36-28-12-9-24(34-17-15-32(4)16-18-34)19-27(28)33(5)23-7-10-25(11-8-23)37-22(3)31-29(35)26-13-14-30-20-21(26)2/h7-14,19-20H,3,6,15-18H2,1-2,4-5H3,(H,31,35). The monoisotopic (exact) mass is 501 g/mol. The summed E-state index contributed by atoms with van der Waals surface area (Å²) in [6, 6.07) is 15.7. The first kappa shape index (κ1) is 26.0. The van der Waals surface area contributed by atoms with Gasteiger partial charge in [0.15, 0.2) is 5.88 Å². The number of pyridine rings is 1. The topological polar surface area (TPSA) is 70.2 Å². The Labute approximate surface area is 219 Å². The van der Waals surface area contributed by atoms with Crippen LogP contribution in [-0.4, -0.2) is 62.7 Å². The molecule has 2 heterocycles. The van der Waals surface area contributed by atoms with E-state index >= 15 is 0 Å². The van der Waals surface area contributed by atoms with Crippen molar-refractivity contribution in [2.75, 3.05) is 56.7 Å². The molecule has 1 saturated heterocycles. The van der Waals surface area contributed by atoms with Gasteiger partial charge in [0.05, 0.1) is 12.3 Å². The molecule has 1 aromatic heterocycles. The van der Waals surface area contributed by atoms with E-state index in [9.17, 15) is 4.79 Å². The average molecular weight is 502 g/mol. The van der Waals surface area contributed by atoms with Crippen LogP contribution in [0.1, 0.15) is 22.8 Å². The lowest BCUT2D eigenvalue weighted by Crippen LogP contribution is -2.44. The summed E-state index contributed by atoms with van der Waals surface area (Å²) < 4.78 is 11.7. The number of ether oxygens (including phenoxy) is 2. The molecule has 4 rings (SSSR count). The second-order valence-electron chi connectivity index (χ2n) is 9.10. The zero-order valence-electron chi connectivity index (χ0n) is 22.0. The number of aryl methyl sites for hydroxylation is 1. The molecule has 1 aliphatic heterocycles. The van der Waals surface area contributed by atoms with Crippen LogP contribution in [-0.2, 0) is 0 Å². The van der Waals surface area contributed by atoms with E-state index < -0.39 is 0 Å². The lowest BCUT2D eigenvalue weighted by molar-refractivity contribution is 0.0949. The predicted molar refractivity (Wildman–Crippen MR) is 148 cm³/mol. The van der Waals surface area contributed by atoms with Gasteiger partial charge in [-0.05, 0) is 81.6 Å². The summed E-state index contributed by atoms with van der Waals surface area (Å²) in [5.74, 6) is 1.28. The molecule has 1 fully saturated rings. The Morgan fingerprint density at radius 1 is 1.11 bits per heavy atom. The van der Waals surface area contributed by atoms with Gasteiger partial charge in [0.2, 0.25) is 0 Å². The maximum atomic E-state index is 12.5. The summed E-state index contributed by atoms with van der Waals surface area (Å²) in [4.78, 5) is 23.4. The fourth-order valence-electron chi connectivity index (χ4n) is 4.27. The van der Waals surface area contributed by atoms with Gasteiger partial charge < -0.3 is 24.2 Å². The molecule has 8 heteroatoms. The van der Waals surface area contributed by atoms with Crippen molar-refractivity contribution in [3.05, 3.63) is 84.5 Å². The van der Waals surface area contributed by atoms with Gasteiger partial charge in [0, 0.05) is 62.6 Å². The van der Waals surface area contributed by atoms with Crippen molar-refractivity contribution in [1.29, 1.82) is 0 Å². The van der Waals surface area contributed by atoms with Crippen molar-refractivity contribution >= 4 is 23.0 Å². The summed E-state index contributed by atoms with van der Waals surface area (Å²) in [6.45, 7) is 12.4. The van der Waals surface area contributed by atoms with E-state index in [0.717, 1.165) is 48.9 Å². The number of likely N-dealkylation sites (N-methyl/N-ethyl adjacent to an activating group) is 1. The summed E-state index contributed by atoms with van der Waals surface area (Å²) in [5, 5.41) is 2.69. The fraction of sp³-hybridized carbons (Fsp3) is 0.310. The molecule has 3 aromatic rings. The van der Waals surface area contributed by atoms with Crippen molar-refractivity contribution in [3.63, 3.8) is 0 Å². The third kappa shape index (κ3) is 6.40. The summed E-state index contributed by atoms with van der Waals surface area (Å²) in [7, 11) is 4.19. The largest absolute Gasteiger partial charge is 0.492 e. The minimum atomic E-state index is -0.287. The number of benzene rings is 2. The zero-order valence-corrected chi connectivity index (χ0v) is 22.0. The molecule has 0 radical (unpaired) electrons. The predicted octanol–water partition coefficient (Wildman–Crippen LogP) is 4.59. The molecule has 0 unspecified atom stereocenters. The van der Waals surface area contributed by atoms with Crippen LogP contribution < -0.4 is 24.6 Å². The van der Waals surface area contributed by atoms with E-state index in [0.29, 0.717) is 17.9 Å². The van der Waals surface area contributed by atoms with Crippen molar-refractivity contribution in [2.24, 2.45) is 0 Å². The molecule has 8 nitrogen and oxygen atoms in total. The molecule has 2 aromatic carbocycles. The highest BCUT2D eigenvalue weighted by Gasteiger charge is 2.18. The highest BCUT2D eigenvalue weighted by Crippen LogP contribution is 2.37. The molecule has 0 bridgehead atoms. The molecule has 1 amide bonds. The smallest absolute Gasteiger partial charge is 0.258 e. The van der Waals surface area contributed by atoms with Crippen LogP contribution in [0.5, 0.6) is 11.5 Å². The SMILES string of the molecule is C=C(NC(=O)c1ccncc1C)Oc1ccc(N(C)c2cc(N3CCN(C)CC3)ccc2OCC)cc1. The number of piperazine rings is 1. The maximum absolute atomic E-state index is 12.5. The Kier molecular flexibility index (Phi) is 8.30. The van der Waals surface area contributed by atoms with Gasteiger partial charge in [-0.2, -0.15) is 0 Å². The van der Waals surface area contributed by atoms with Crippen molar-refractivity contribution in [1.82, 2.24) is 15.2 Å². The summed E-state index contributed by atoms with van der Waals surface area (Å²) >= 11 is 0. The van der Waals surface area contributed by atoms with Gasteiger partial charge in [-0.15, -0.1) is 0 Å². The Bertz CT molecular complexity index is 1240. The van der Waals surface area contributed by atoms with Crippen LogP contribution in [0.2, 0.25) is 0 Å². The molecule has 0 spiro atoms. The van der Waals surface area contributed by atoms with Gasteiger partial charge in [-0.1, -0.05) is 0 Å². The highest BCUT2D eigenvalue weighted by atomic mass is 16.5. The molecule has 0 aliphatic carbocycles. The van der Waals surface area contributed by atoms with Crippen molar-refractivity contribution in [3.8, 4) is 11.5 Å². The molecular weight excluding hydrogens is 466 g/mol. The van der Waals surface area contributed by atoms with Gasteiger partial charge in [-0.3, -0.25) is 15.1 Å². The third-order valence-electron chi connectivity index (χ3n) is 6.46. The lowest BCUT2D eigenvalue weighted by Gasteiger charge is -2.35. The number of amides is 1. The Morgan fingerprint density at radius 2 is 1.84 bits per heavy atom. The first-order chi connectivity index (χ1) is 17.9. The lowest BCUT2D eigenvalue weighted by atomic mass is 10.1. The third-order valence-corrected chi connectivity index (χ3v) is 6.46. The second-order valence-corrected chi connectivity index (χ2v) is 9.10. The minimum absolute atomic E-state index is 0.154. The molecule has 0 saturated carbocycles. The molecule has 1 aliphatic rings. The van der Waals surface area contributed by atoms with Crippen molar-refractivity contribution < 1.29 is 14.3 Å². The Hall–Kier alpha value is -4.04. The van der Waals surface area contributed by atoms with Gasteiger partial charge in [-0.25, -0.2) is 0 Å². The van der Waals surface area contributed by atoms with Crippen molar-refractivity contribution in [2.45, 2.75) is 13.8 Å². The first-order valence-corrected chi connectivity index (χ1v) is 12.5. The second kappa shape index (κ2) is 11.8. The zero-order chi connectivity index (χ0) is 26.4. The number of hydrogen-bond donors (Lipinski definition) is 1. The van der Waals surface area contributed by atoms with Crippen LogP contribution in [0.3, 0.4) is 0 Å². The van der Waals surface area contributed by atoms with E-state index in [1.165, 1.54) is 5.69 Å². The van der Waals surface area contributed by atoms with E-state index in [-0.39, 0.29) is 11.8 Å². The van der Waals surface area contributed by atoms with Crippen LogP contribution in [0, 0.1) is 6.92 Å². The Balaban J connectivity index is 1.45. The number of hydrogen-bond acceptors (Lipinski definition) is 7. The van der Waals surface area contributed by atoms with Crippen LogP contribution >= 0.6 is 0 Å². The van der Waals surface area contributed by atoms with Gasteiger partial charge in [0.25, 0.3) is 5.91 Å². The normalized spacial score (nSPS) is 13.7. The maximum Gasteiger partial charge on any atom is 0.258 e. The van der Waals surface area contributed by atoms with E-state index in [4.69, 9.17) is 9.47 Å². The fourth-order valence-corrected chi connectivity index (χ4v) is 4.27. The molecule has 194 valence electrons. The van der Waals surface area contributed by atoms with Crippen LogP contribution in [0.4, 0.5) is 17.1 Å².